The Bertz CT molecular complexity index is 960. The molecule has 6 nitrogen and oxygen atoms in total. The largest absolute Gasteiger partial charge is 0.493 e. The predicted molar refractivity (Wildman–Crippen MR) is 102 cm³/mol. The molecular weight excluding hydrogens is 342 g/mol. The second-order valence-electron chi connectivity index (χ2n) is 6.41. The van der Waals surface area contributed by atoms with Gasteiger partial charge in [0.15, 0.2) is 0 Å². The molecule has 6 heteroatoms. The third-order valence-corrected chi connectivity index (χ3v) is 4.73. The molecule has 2 N–H and O–H groups in total. The summed E-state index contributed by atoms with van der Waals surface area (Å²) in [4.78, 5) is 19.8. The number of aromatic carboxylic acids is 1. The van der Waals surface area contributed by atoms with Crippen LogP contribution in [0.4, 0.5) is 5.69 Å². The number of pyridine rings is 2. The molecule has 136 valence electrons. The Morgan fingerprint density at radius 3 is 2.96 bits per heavy atom. The maximum absolute atomic E-state index is 11.3. The molecule has 1 aliphatic heterocycles. The monoisotopic (exact) mass is 361 g/mol. The van der Waals surface area contributed by atoms with Crippen LogP contribution in [0.5, 0.6) is 5.75 Å². The molecule has 27 heavy (non-hydrogen) atoms. The molecule has 0 amide bonds. The predicted octanol–water partition coefficient (Wildman–Crippen LogP) is 3.82. The summed E-state index contributed by atoms with van der Waals surface area (Å²) in [7, 11) is 0. The second-order valence-corrected chi connectivity index (χ2v) is 6.41. The molecule has 3 heterocycles. The van der Waals surface area contributed by atoms with Gasteiger partial charge in [0.1, 0.15) is 5.75 Å². The lowest BCUT2D eigenvalue weighted by Gasteiger charge is -2.27. The lowest BCUT2D eigenvalue weighted by Crippen LogP contribution is -2.21. The van der Waals surface area contributed by atoms with E-state index in [1.807, 2.05) is 24.3 Å². The smallest absolute Gasteiger partial charge is 0.337 e. The summed E-state index contributed by atoms with van der Waals surface area (Å²) in [6.45, 7) is 1.25. The third-order valence-electron chi connectivity index (χ3n) is 4.73. The second kappa shape index (κ2) is 7.45. The van der Waals surface area contributed by atoms with Gasteiger partial charge in [-0.2, -0.15) is 0 Å². The van der Waals surface area contributed by atoms with Crippen molar-refractivity contribution in [3.8, 4) is 17.0 Å². The zero-order chi connectivity index (χ0) is 18.6. The summed E-state index contributed by atoms with van der Waals surface area (Å²) in [6, 6.07) is 13.5. The Morgan fingerprint density at radius 2 is 2.15 bits per heavy atom. The summed E-state index contributed by atoms with van der Waals surface area (Å²) in [6.07, 6.45) is 5.67. The first-order chi connectivity index (χ1) is 13.2. The molecule has 1 aromatic carbocycles. The molecule has 3 aromatic rings. The topological polar surface area (TPSA) is 84.3 Å². The van der Waals surface area contributed by atoms with Gasteiger partial charge in [0.05, 0.1) is 29.7 Å². The number of benzene rings is 1. The van der Waals surface area contributed by atoms with Crippen molar-refractivity contribution in [2.75, 3.05) is 18.5 Å². The number of carboxylic acids is 1. The van der Waals surface area contributed by atoms with E-state index in [1.54, 1.807) is 12.4 Å². The van der Waals surface area contributed by atoms with E-state index in [1.165, 1.54) is 12.3 Å². The molecule has 0 aliphatic carbocycles. The first-order valence-electron chi connectivity index (χ1n) is 8.81. The van der Waals surface area contributed by atoms with E-state index < -0.39 is 5.97 Å². The van der Waals surface area contributed by atoms with Crippen molar-refractivity contribution >= 4 is 11.7 Å². The minimum absolute atomic E-state index is 0.225. The number of carbonyl (C=O) groups is 1. The molecule has 0 unspecified atom stereocenters. The van der Waals surface area contributed by atoms with Crippen LogP contribution in [0.15, 0.2) is 61.1 Å². The molecule has 0 radical (unpaired) electrons. The number of nitrogens with one attached hydrogen (secondary N) is 1. The van der Waals surface area contributed by atoms with Crippen LogP contribution < -0.4 is 10.1 Å². The molecule has 1 atom stereocenters. The fraction of sp³-hybridized carbons (Fsp3) is 0.190. The van der Waals surface area contributed by atoms with E-state index in [9.17, 15) is 9.90 Å². The van der Waals surface area contributed by atoms with E-state index in [4.69, 9.17) is 4.74 Å². The number of carboxylic acid groups (broad SMARTS) is 1. The number of hydrogen-bond donors (Lipinski definition) is 2. The van der Waals surface area contributed by atoms with Crippen LogP contribution in [0.2, 0.25) is 0 Å². The van der Waals surface area contributed by atoms with Crippen LogP contribution in [-0.4, -0.2) is 34.2 Å². The van der Waals surface area contributed by atoms with Crippen LogP contribution >= 0.6 is 0 Å². The quantitative estimate of drug-likeness (QED) is 0.719. The number of hydrogen-bond acceptors (Lipinski definition) is 5. The van der Waals surface area contributed by atoms with Crippen LogP contribution in [0.1, 0.15) is 28.3 Å². The Kier molecular flexibility index (Phi) is 4.70. The Morgan fingerprint density at radius 1 is 1.22 bits per heavy atom. The number of rotatable bonds is 5. The average molecular weight is 361 g/mol. The summed E-state index contributed by atoms with van der Waals surface area (Å²) in [5.41, 5.74) is 3.80. The normalized spacial score (nSPS) is 15.5. The SMILES string of the molecule is O=C(O)c1ccncc1NC[C@H]1CCOc2cc(-c3ccccn3)ccc21. The van der Waals surface area contributed by atoms with E-state index in [0.717, 1.165) is 29.0 Å². The highest BCUT2D eigenvalue weighted by Gasteiger charge is 2.22. The number of fused-ring (bicyclic) bond motifs is 1. The van der Waals surface area contributed by atoms with Crippen molar-refractivity contribution in [3.63, 3.8) is 0 Å². The zero-order valence-corrected chi connectivity index (χ0v) is 14.6. The van der Waals surface area contributed by atoms with Crippen molar-refractivity contribution in [2.24, 2.45) is 0 Å². The molecule has 1 aliphatic rings. The Hall–Kier alpha value is -3.41. The van der Waals surface area contributed by atoms with Gasteiger partial charge in [-0.3, -0.25) is 9.97 Å². The van der Waals surface area contributed by atoms with Crippen LogP contribution in [0, 0.1) is 0 Å². The zero-order valence-electron chi connectivity index (χ0n) is 14.6. The van der Waals surface area contributed by atoms with Crippen molar-refractivity contribution in [2.45, 2.75) is 12.3 Å². The maximum atomic E-state index is 11.3. The molecule has 2 aromatic heterocycles. The number of ether oxygens (including phenoxy) is 1. The van der Waals surface area contributed by atoms with Gasteiger partial charge >= 0.3 is 5.97 Å². The van der Waals surface area contributed by atoms with Crippen LogP contribution in [0.3, 0.4) is 0 Å². The van der Waals surface area contributed by atoms with Gasteiger partial charge in [0.25, 0.3) is 0 Å². The molecule has 0 bridgehead atoms. The molecule has 0 fully saturated rings. The fourth-order valence-electron chi connectivity index (χ4n) is 3.32. The molecule has 0 saturated heterocycles. The van der Waals surface area contributed by atoms with Gasteiger partial charge in [0, 0.05) is 30.4 Å². The van der Waals surface area contributed by atoms with Gasteiger partial charge < -0.3 is 15.2 Å². The molecule has 0 spiro atoms. The van der Waals surface area contributed by atoms with E-state index in [2.05, 4.69) is 27.4 Å². The molecule has 0 saturated carbocycles. The summed E-state index contributed by atoms with van der Waals surface area (Å²) >= 11 is 0. The lowest BCUT2D eigenvalue weighted by atomic mass is 9.91. The van der Waals surface area contributed by atoms with Crippen molar-refractivity contribution in [1.82, 2.24) is 9.97 Å². The van der Waals surface area contributed by atoms with E-state index >= 15 is 0 Å². The maximum Gasteiger partial charge on any atom is 0.337 e. The molecule has 4 rings (SSSR count). The summed E-state index contributed by atoms with van der Waals surface area (Å²) in [5, 5.41) is 12.5. The summed E-state index contributed by atoms with van der Waals surface area (Å²) < 4.78 is 5.87. The van der Waals surface area contributed by atoms with Gasteiger partial charge in [-0.05, 0) is 36.2 Å². The van der Waals surface area contributed by atoms with Gasteiger partial charge in [-0.15, -0.1) is 0 Å². The van der Waals surface area contributed by atoms with E-state index in [-0.39, 0.29) is 11.5 Å². The summed E-state index contributed by atoms with van der Waals surface area (Å²) in [5.74, 6) is 0.126. The van der Waals surface area contributed by atoms with Gasteiger partial charge in [0.2, 0.25) is 0 Å². The molecular formula is C21H19N3O3. The highest BCUT2D eigenvalue weighted by Crippen LogP contribution is 2.36. The average Bonchev–Trinajstić information content (AvgIpc) is 2.72. The highest BCUT2D eigenvalue weighted by atomic mass is 16.5. The van der Waals surface area contributed by atoms with Gasteiger partial charge in [-0.1, -0.05) is 18.2 Å². The van der Waals surface area contributed by atoms with Crippen molar-refractivity contribution in [1.29, 1.82) is 0 Å². The fourth-order valence-corrected chi connectivity index (χ4v) is 3.32. The number of nitrogens with zero attached hydrogens (tertiary/aromatic N) is 2. The Labute approximate surface area is 156 Å². The van der Waals surface area contributed by atoms with Crippen molar-refractivity contribution in [3.05, 3.63) is 72.2 Å². The van der Waals surface area contributed by atoms with Crippen LogP contribution in [0.25, 0.3) is 11.3 Å². The lowest BCUT2D eigenvalue weighted by molar-refractivity contribution is 0.0697. The number of aromatic nitrogens is 2. The number of anilines is 1. The third kappa shape index (κ3) is 3.60. The first-order valence-corrected chi connectivity index (χ1v) is 8.81. The Balaban J connectivity index is 1.55. The van der Waals surface area contributed by atoms with Crippen LogP contribution in [-0.2, 0) is 0 Å². The standard InChI is InChI=1S/C21H19N3O3/c25-21(26)17-6-9-22-13-19(17)24-12-15-7-10-27-20-11-14(4-5-16(15)20)18-3-1-2-8-23-18/h1-6,8-9,11,13,15,24H,7,10,12H2,(H,25,26)/t15-/m1/s1. The van der Waals surface area contributed by atoms with Gasteiger partial charge in [-0.25, -0.2) is 4.79 Å². The van der Waals surface area contributed by atoms with E-state index in [0.29, 0.717) is 18.8 Å². The minimum atomic E-state index is -0.965. The highest BCUT2D eigenvalue weighted by molar-refractivity contribution is 5.93. The minimum Gasteiger partial charge on any atom is -0.493 e. The first kappa shape index (κ1) is 17.0. The van der Waals surface area contributed by atoms with Crippen molar-refractivity contribution < 1.29 is 14.6 Å².